The minimum atomic E-state index is -0.565. The van der Waals surface area contributed by atoms with Crippen molar-refractivity contribution in [3.05, 3.63) is 70.7 Å². The Kier molecular flexibility index (Phi) is 6.38. The van der Waals surface area contributed by atoms with Crippen LogP contribution in [0, 0.1) is 0 Å². The lowest BCUT2D eigenvalue weighted by atomic mass is 10.1. The summed E-state index contributed by atoms with van der Waals surface area (Å²) in [5, 5.41) is 3.21. The minimum absolute atomic E-state index is 0.0997. The van der Waals surface area contributed by atoms with Gasteiger partial charge < -0.3 is 10.2 Å². The Balaban J connectivity index is 2.21. The Morgan fingerprint density at radius 1 is 1.08 bits per heavy atom. The standard InChI is InChI=1S/C19H21ClN2O2/c1-14(19(24)21-2)22(13-16-9-6-10-17(20)11-16)18(23)12-15-7-4-3-5-8-15/h3-11,14H,12-13H2,1-2H3,(H,21,24). The van der Waals surface area contributed by atoms with Crippen molar-refractivity contribution in [3.8, 4) is 0 Å². The van der Waals surface area contributed by atoms with Crippen LogP contribution in [-0.2, 0) is 22.6 Å². The second kappa shape index (κ2) is 8.50. The fourth-order valence-corrected chi connectivity index (χ4v) is 2.71. The summed E-state index contributed by atoms with van der Waals surface area (Å²) in [6.07, 6.45) is 0.253. The third-order valence-corrected chi connectivity index (χ3v) is 4.09. The number of hydrogen-bond donors (Lipinski definition) is 1. The van der Waals surface area contributed by atoms with E-state index in [1.54, 1.807) is 31.0 Å². The van der Waals surface area contributed by atoms with Gasteiger partial charge in [0.1, 0.15) is 6.04 Å². The molecule has 0 aliphatic rings. The Morgan fingerprint density at radius 3 is 2.38 bits per heavy atom. The molecule has 2 aromatic carbocycles. The summed E-state index contributed by atoms with van der Waals surface area (Å²) in [7, 11) is 1.57. The summed E-state index contributed by atoms with van der Waals surface area (Å²) in [6.45, 7) is 2.06. The van der Waals surface area contributed by atoms with E-state index >= 15 is 0 Å². The van der Waals surface area contributed by atoms with E-state index in [1.165, 1.54) is 0 Å². The summed E-state index contributed by atoms with van der Waals surface area (Å²) < 4.78 is 0. The van der Waals surface area contributed by atoms with Crippen molar-refractivity contribution >= 4 is 23.4 Å². The predicted octanol–water partition coefficient (Wildman–Crippen LogP) is 3.05. The number of hydrogen-bond acceptors (Lipinski definition) is 2. The minimum Gasteiger partial charge on any atom is -0.357 e. The molecular formula is C19H21ClN2O2. The number of halogens is 1. The van der Waals surface area contributed by atoms with Crippen LogP contribution in [0.2, 0.25) is 5.02 Å². The smallest absolute Gasteiger partial charge is 0.242 e. The topological polar surface area (TPSA) is 49.4 Å². The number of rotatable bonds is 6. The maximum absolute atomic E-state index is 12.8. The van der Waals surface area contributed by atoms with Gasteiger partial charge >= 0.3 is 0 Å². The first-order valence-corrected chi connectivity index (χ1v) is 8.18. The Labute approximate surface area is 147 Å². The number of nitrogens with one attached hydrogen (secondary N) is 1. The van der Waals surface area contributed by atoms with Crippen molar-refractivity contribution in [2.45, 2.75) is 25.9 Å². The van der Waals surface area contributed by atoms with E-state index in [-0.39, 0.29) is 18.2 Å². The van der Waals surface area contributed by atoms with E-state index in [4.69, 9.17) is 11.6 Å². The number of amides is 2. The zero-order valence-corrected chi connectivity index (χ0v) is 14.6. The maximum atomic E-state index is 12.8. The normalized spacial score (nSPS) is 11.6. The average Bonchev–Trinajstić information content (AvgIpc) is 2.59. The van der Waals surface area contributed by atoms with Crippen LogP contribution in [0.25, 0.3) is 0 Å². The van der Waals surface area contributed by atoms with Crippen LogP contribution in [0.1, 0.15) is 18.1 Å². The quantitative estimate of drug-likeness (QED) is 0.875. The molecule has 0 fully saturated rings. The summed E-state index contributed by atoms with van der Waals surface area (Å²) in [5.41, 5.74) is 1.81. The SMILES string of the molecule is CNC(=O)C(C)N(Cc1cccc(Cl)c1)C(=O)Cc1ccccc1. The van der Waals surface area contributed by atoms with Gasteiger partial charge in [-0.3, -0.25) is 9.59 Å². The summed E-state index contributed by atoms with van der Waals surface area (Å²) in [5.74, 6) is -0.296. The van der Waals surface area contributed by atoms with Crippen LogP contribution < -0.4 is 5.32 Å². The monoisotopic (exact) mass is 344 g/mol. The van der Waals surface area contributed by atoms with Crippen molar-refractivity contribution in [3.63, 3.8) is 0 Å². The Bertz CT molecular complexity index is 704. The number of nitrogens with zero attached hydrogens (tertiary/aromatic N) is 1. The van der Waals surface area contributed by atoms with Crippen molar-refractivity contribution < 1.29 is 9.59 Å². The van der Waals surface area contributed by atoms with Crippen molar-refractivity contribution in [1.82, 2.24) is 10.2 Å². The van der Waals surface area contributed by atoms with Gasteiger partial charge in [0.15, 0.2) is 0 Å². The van der Waals surface area contributed by atoms with Gasteiger partial charge in [-0.2, -0.15) is 0 Å². The third kappa shape index (κ3) is 4.83. The molecule has 0 aromatic heterocycles. The van der Waals surface area contributed by atoms with Crippen LogP contribution in [-0.4, -0.2) is 29.8 Å². The third-order valence-electron chi connectivity index (χ3n) is 3.85. The first-order chi connectivity index (χ1) is 11.5. The number of carbonyl (C=O) groups excluding carboxylic acids is 2. The van der Waals surface area contributed by atoms with Crippen LogP contribution in [0.3, 0.4) is 0 Å². The molecular weight excluding hydrogens is 324 g/mol. The highest BCUT2D eigenvalue weighted by Crippen LogP contribution is 2.16. The highest BCUT2D eigenvalue weighted by atomic mass is 35.5. The molecule has 1 N–H and O–H groups in total. The van der Waals surface area contributed by atoms with E-state index in [2.05, 4.69) is 5.32 Å². The molecule has 2 amide bonds. The second-order valence-corrected chi connectivity index (χ2v) is 6.04. The molecule has 1 atom stereocenters. The largest absolute Gasteiger partial charge is 0.357 e. The molecule has 0 saturated heterocycles. The van der Waals surface area contributed by atoms with E-state index in [9.17, 15) is 9.59 Å². The Hall–Kier alpha value is -2.33. The average molecular weight is 345 g/mol. The predicted molar refractivity (Wildman–Crippen MR) is 95.7 cm³/mol. The molecule has 2 rings (SSSR count). The van der Waals surface area contributed by atoms with Gasteiger partial charge in [0.2, 0.25) is 11.8 Å². The molecule has 1 unspecified atom stereocenters. The molecule has 0 heterocycles. The van der Waals surface area contributed by atoms with Crippen LogP contribution in [0.5, 0.6) is 0 Å². The maximum Gasteiger partial charge on any atom is 0.242 e. The number of carbonyl (C=O) groups is 2. The first-order valence-electron chi connectivity index (χ1n) is 7.80. The van der Waals surface area contributed by atoms with Crippen LogP contribution in [0.15, 0.2) is 54.6 Å². The molecule has 24 heavy (non-hydrogen) atoms. The highest BCUT2D eigenvalue weighted by molar-refractivity contribution is 6.30. The van der Waals surface area contributed by atoms with E-state index in [0.717, 1.165) is 11.1 Å². The number of benzene rings is 2. The fraction of sp³-hybridized carbons (Fsp3) is 0.263. The lowest BCUT2D eigenvalue weighted by Crippen LogP contribution is -2.47. The van der Waals surface area contributed by atoms with Gasteiger partial charge in [-0.1, -0.05) is 54.1 Å². The van der Waals surface area contributed by atoms with Crippen molar-refractivity contribution in [1.29, 1.82) is 0 Å². The van der Waals surface area contributed by atoms with Crippen LogP contribution >= 0.6 is 11.6 Å². The molecule has 0 saturated carbocycles. The molecule has 4 nitrogen and oxygen atoms in total. The molecule has 2 aromatic rings. The lowest BCUT2D eigenvalue weighted by molar-refractivity contribution is -0.139. The van der Waals surface area contributed by atoms with E-state index in [1.807, 2.05) is 42.5 Å². The fourth-order valence-electron chi connectivity index (χ4n) is 2.50. The van der Waals surface area contributed by atoms with Gasteiger partial charge in [0, 0.05) is 18.6 Å². The van der Waals surface area contributed by atoms with Gasteiger partial charge in [-0.25, -0.2) is 0 Å². The first kappa shape index (κ1) is 18.0. The zero-order valence-electron chi connectivity index (χ0n) is 13.8. The van der Waals surface area contributed by atoms with Crippen molar-refractivity contribution in [2.75, 3.05) is 7.05 Å². The van der Waals surface area contributed by atoms with E-state index in [0.29, 0.717) is 11.6 Å². The number of likely N-dealkylation sites (N-methyl/N-ethyl adjacent to an activating group) is 1. The molecule has 0 bridgehead atoms. The summed E-state index contributed by atoms with van der Waals surface area (Å²) >= 11 is 6.02. The molecule has 0 radical (unpaired) electrons. The van der Waals surface area contributed by atoms with Gasteiger partial charge in [0.05, 0.1) is 6.42 Å². The molecule has 0 aliphatic heterocycles. The molecule has 0 spiro atoms. The van der Waals surface area contributed by atoms with Crippen LogP contribution in [0.4, 0.5) is 0 Å². The molecule has 126 valence electrons. The lowest BCUT2D eigenvalue weighted by Gasteiger charge is -2.28. The highest BCUT2D eigenvalue weighted by Gasteiger charge is 2.25. The molecule has 0 aliphatic carbocycles. The summed E-state index contributed by atoms with van der Waals surface area (Å²) in [6, 6.07) is 16.3. The van der Waals surface area contributed by atoms with E-state index < -0.39 is 6.04 Å². The van der Waals surface area contributed by atoms with Gasteiger partial charge in [-0.15, -0.1) is 0 Å². The van der Waals surface area contributed by atoms with Crippen molar-refractivity contribution in [2.24, 2.45) is 0 Å². The Morgan fingerprint density at radius 2 is 1.75 bits per heavy atom. The van der Waals surface area contributed by atoms with Gasteiger partial charge in [-0.05, 0) is 30.2 Å². The zero-order chi connectivity index (χ0) is 17.5. The van der Waals surface area contributed by atoms with Gasteiger partial charge in [0.25, 0.3) is 0 Å². The molecule has 5 heteroatoms. The summed E-state index contributed by atoms with van der Waals surface area (Å²) in [4.78, 5) is 26.4. The second-order valence-electron chi connectivity index (χ2n) is 5.60.